The van der Waals surface area contributed by atoms with E-state index in [9.17, 15) is 0 Å². The van der Waals surface area contributed by atoms with Crippen LogP contribution in [0, 0.1) is 0 Å². The Hall–Kier alpha value is -1.47. The molecule has 0 aliphatic heterocycles. The number of para-hydroxylation sites is 2. The van der Waals surface area contributed by atoms with Crippen LogP contribution in [0.25, 0.3) is 0 Å². The lowest BCUT2D eigenvalue weighted by molar-refractivity contribution is 0.399. The van der Waals surface area contributed by atoms with E-state index >= 15 is 0 Å². The van der Waals surface area contributed by atoms with Gasteiger partial charge in [-0.05, 0) is 43.9 Å². The first kappa shape index (κ1) is 29.6. The molecule has 0 radical (unpaired) electrons. The van der Waals surface area contributed by atoms with Gasteiger partial charge < -0.3 is 12.7 Å². The first-order chi connectivity index (χ1) is 14.9. The van der Waals surface area contributed by atoms with Crippen molar-refractivity contribution >= 4 is 15.9 Å². The minimum Gasteiger partial charge on any atom is -0.614 e. The van der Waals surface area contributed by atoms with Crippen LogP contribution in [0.4, 0.5) is 0 Å². The number of rotatable bonds is 4. The number of hydrogen-bond donors (Lipinski definition) is 1. The fourth-order valence-electron chi connectivity index (χ4n) is 3.89. The van der Waals surface area contributed by atoms with Gasteiger partial charge in [-0.15, -0.1) is 0 Å². The molecule has 2 rings (SSSR count). The van der Waals surface area contributed by atoms with Crippen molar-refractivity contribution in [3.05, 3.63) is 58.7 Å². The molecule has 0 aliphatic rings. The molecule has 0 spiro atoms. The highest BCUT2D eigenvalue weighted by Gasteiger charge is 2.29. The molecule has 0 aromatic heterocycles. The van der Waals surface area contributed by atoms with Crippen LogP contribution in [-0.4, -0.2) is 28.1 Å². The lowest BCUT2D eigenvalue weighted by Gasteiger charge is -2.32. The van der Waals surface area contributed by atoms with Gasteiger partial charge in [0.05, 0.1) is 11.5 Å². The second-order valence-corrected chi connectivity index (χ2v) is 13.6. The molecule has 0 heterocycles. The summed E-state index contributed by atoms with van der Waals surface area (Å²) in [4.78, 5) is 0. The van der Waals surface area contributed by atoms with Gasteiger partial charge >= 0.3 is 15.9 Å². The second-order valence-electron chi connectivity index (χ2n) is 12.8. The summed E-state index contributed by atoms with van der Waals surface area (Å²) < 4.78 is 13.2. The van der Waals surface area contributed by atoms with Crippen LogP contribution in [-0.2, 0) is 21.7 Å². The van der Waals surface area contributed by atoms with Crippen LogP contribution in [0.15, 0.2) is 36.4 Å². The number of aliphatic hydroxyl groups is 1. The summed E-state index contributed by atoms with van der Waals surface area (Å²) in [5.41, 5.74) is 5.01. The monoisotopic (exact) mass is 470 g/mol. The van der Waals surface area contributed by atoms with Crippen LogP contribution in [0.3, 0.4) is 0 Å². The van der Waals surface area contributed by atoms with Gasteiger partial charge in [0.15, 0.2) is 0 Å². The molecule has 0 unspecified atom stereocenters. The third-order valence-electron chi connectivity index (χ3n) is 5.67. The van der Waals surface area contributed by atoms with Gasteiger partial charge in [0.2, 0.25) is 0 Å². The van der Waals surface area contributed by atoms with Crippen molar-refractivity contribution in [1.29, 1.82) is 0 Å². The van der Waals surface area contributed by atoms with Crippen LogP contribution >= 0.6 is 0 Å². The van der Waals surface area contributed by atoms with Gasteiger partial charge in [-0.1, -0.05) is 119 Å². The summed E-state index contributed by atoms with van der Waals surface area (Å²) in [6.07, 6.45) is 0. The van der Waals surface area contributed by atoms with Gasteiger partial charge in [-0.2, -0.15) is 0 Å². The zero-order chi connectivity index (χ0) is 25.8. The largest absolute Gasteiger partial charge is 0.832 e. The molecular formula is C29H47AlO3. The quantitative estimate of drug-likeness (QED) is 0.480. The summed E-state index contributed by atoms with van der Waals surface area (Å²) in [5, 5.41) is 7.00. The molecule has 1 N–H and O–H groups in total. The third kappa shape index (κ3) is 7.78. The topological polar surface area (TPSA) is 38.7 Å². The Labute approximate surface area is 210 Å². The molecule has 0 bridgehead atoms. The van der Waals surface area contributed by atoms with Crippen molar-refractivity contribution in [2.45, 2.75) is 105 Å². The SMILES string of the molecule is CC(C)(C)c1cccc(C(C)(C)C)c1[O][AlH][O]c1c(C(C)(C)C)cccc1C(C)(C)C.CO. The maximum absolute atomic E-state index is 7.00. The van der Waals surface area contributed by atoms with Crippen LogP contribution in [0.2, 0.25) is 0 Å². The highest BCUT2D eigenvalue weighted by molar-refractivity contribution is 6.21. The van der Waals surface area contributed by atoms with Crippen molar-refractivity contribution in [3.63, 3.8) is 0 Å². The molecule has 184 valence electrons. The Morgan fingerprint density at radius 2 is 0.697 bits per heavy atom. The van der Waals surface area contributed by atoms with Gasteiger partial charge in [0.25, 0.3) is 0 Å². The average molecular weight is 471 g/mol. The lowest BCUT2D eigenvalue weighted by atomic mass is 9.79. The Morgan fingerprint density at radius 1 is 0.485 bits per heavy atom. The van der Waals surface area contributed by atoms with E-state index in [1.807, 2.05) is 0 Å². The summed E-state index contributed by atoms with van der Waals surface area (Å²) in [5.74, 6) is 2.03. The molecular weight excluding hydrogens is 423 g/mol. The van der Waals surface area contributed by atoms with E-state index in [2.05, 4.69) is 119 Å². The molecule has 0 atom stereocenters. The van der Waals surface area contributed by atoms with Crippen molar-refractivity contribution in [2.75, 3.05) is 7.11 Å². The van der Waals surface area contributed by atoms with Crippen molar-refractivity contribution in [3.8, 4) is 11.5 Å². The number of aliphatic hydroxyl groups excluding tert-OH is 1. The Kier molecular flexibility index (Phi) is 9.72. The maximum atomic E-state index is 7.00. The minimum atomic E-state index is -1.30. The molecule has 0 aliphatic carbocycles. The van der Waals surface area contributed by atoms with E-state index in [-0.39, 0.29) is 21.7 Å². The second kappa shape index (κ2) is 10.9. The molecule has 0 amide bonds. The summed E-state index contributed by atoms with van der Waals surface area (Å²) in [6.45, 7) is 27.0. The number of hydrogen-bond acceptors (Lipinski definition) is 3. The Balaban J connectivity index is 0.00000265. The van der Waals surface area contributed by atoms with Gasteiger partial charge in [0, 0.05) is 7.11 Å². The molecule has 0 saturated carbocycles. The molecule has 0 saturated heterocycles. The molecule has 2 aromatic rings. The van der Waals surface area contributed by atoms with E-state index in [1.165, 1.54) is 22.3 Å². The van der Waals surface area contributed by atoms with Crippen molar-refractivity contribution in [2.24, 2.45) is 0 Å². The van der Waals surface area contributed by atoms with Gasteiger partial charge in [-0.3, -0.25) is 0 Å². The first-order valence-corrected chi connectivity index (χ1v) is 13.1. The normalized spacial score (nSPS) is 12.5. The highest BCUT2D eigenvalue weighted by Crippen LogP contribution is 2.41. The third-order valence-corrected chi connectivity index (χ3v) is 6.48. The van der Waals surface area contributed by atoms with E-state index in [1.54, 1.807) is 0 Å². The van der Waals surface area contributed by atoms with Crippen molar-refractivity contribution < 1.29 is 12.7 Å². The standard InChI is InChI=1S/2C14H22O.CH4O.Al.H/c2*1-13(2,3)10-8-7-9-11(12(10)15)14(4,5)6;1-2;;/h2*7-9,15H,1-6H3;2H,1H3;;/q;;;+2;/p-2. The molecule has 4 heteroatoms. The lowest BCUT2D eigenvalue weighted by Crippen LogP contribution is -2.25. The van der Waals surface area contributed by atoms with E-state index in [0.29, 0.717) is 0 Å². The smallest absolute Gasteiger partial charge is 0.614 e. The molecule has 2 aromatic carbocycles. The zero-order valence-corrected chi connectivity index (χ0v) is 24.8. The average Bonchev–Trinajstić information content (AvgIpc) is 2.66. The first-order valence-electron chi connectivity index (χ1n) is 11.9. The van der Waals surface area contributed by atoms with E-state index in [4.69, 9.17) is 12.7 Å². The van der Waals surface area contributed by atoms with Crippen molar-refractivity contribution in [1.82, 2.24) is 0 Å². The zero-order valence-electron chi connectivity index (χ0n) is 23.4. The van der Waals surface area contributed by atoms with Crippen LogP contribution in [0.5, 0.6) is 11.5 Å². The van der Waals surface area contributed by atoms with E-state index < -0.39 is 15.9 Å². The minimum absolute atomic E-state index is 0.00484. The maximum Gasteiger partial charge on any atom is 0.832 e. The summed E-state index contributed by atoms with van der Waals surface area (Å²) >= 11 is -1.30. The van der Waals surface area contributed by atoms with E-state index in [0.717, 1.165) is 18.6 Å². The van der Waals surface area contributed by atoms with Gasteiger partial charge in [0.1, 0.15) is 0 Å². The summed E-state index contributed by atoms with van der Waals surface area (Å²) in [7, 11) is 1.00. The molecule has 33 heavy (non-hydrogen) atoms. The molecule has 0 fully saturated rings. The molecule has 3 nitrogen and oxygen atoms in total. The summed E-state index contributed by atoms with van der Waals surface area (Å²) in [6, 6.07) is 13.1. The van der Waals surface area contributed by atoms with Gasteiger partial charge in [-0.25, -0.2) is 0 Å². The fraction of sp³-hybridized carbons (Fsp3) is 0.586. The van der Waals surface area contributed by atoms with Crippen LogP contribution in [0.1, 0.15) is 105 Å². The Morgan fingerprint density at radius 3 is 0.879 bits per heavy atom. The predicted octanol–water partition coefficient (Wildman–Crippen LogP) is 7.21. The Bertz CT molecular complexity index is 764. The highest BCUT2D eigenvalue weighted by atomic mass is 27.2. The predicted molar refractivity (Wildman–Crippen MR) is 144 cm³/mol. The fourth-order valence-corrected chi connectivity index (χ4v) is 4.81. The van der Waals surface area contributed by atoms with Crippen LogP contribution < -0.4 is 7.58 Å². The number of benzene rings is 2.